The molecular formula is C21H36N4O6. The highest BCUT2D eigenvalue weighted by atomic mass is 16.6. The number of hydrogen-bond donors (Lipinski definition) is 4. The normalized spacial score (nSPS) is 20.5. The predicted molar refractivity (Wildman–Crippen MR) is 113 cm³/mol. The number of amides is 4. The highest BCUT2D eigenvalue weighted by Gasteiger charge is 2.37. The molecule has 0 aromatic rings. The number of aliphatic hydroxyl groups is 1. The minimum absolute atomic E-state index is 0.112. The molecular weight excluding hydrogens is 404 g/mol. The first-order chi connectivity index (χ1) is 14.5. The summed E-state index contributed by atoms with van der Waals surface area (Å²) >= 11 is 0. The Morgan fingerprint density at radius 2 is 1.84 bits per heavy atom. The maximum absolute atomic E-state index is 12.9. The summed E-state index contributed by atoms with van der Waals surface area (Å²) in [5, 5.41) is 18.3. The van der Waals surface area contributed by atoms with Crippen LogP contribution in [0.1, 0.15) is 66.2 Å². The molecule has 176 valence electrons. The number of hydrogen-bond acceptors (Lipinski definition) is 6. The van der Waals surface area contributed by atoms with Crippen LogP contribution < -0.4 is 16.0 Å². The molecule has 4 amide bonds. The first-order valence-corrected chi connectivity index (χ1v) is 11.1. The van der Waals surface area contributed by atoms with Crippen LogP contribution in [0.4, 0.5) is 4.79 Å². The summed E-state index contributed by atoms with van der Waals surface area (Å²) in [4.78, 5) is 50.9. The van der Waals surface area contributed by atoms with Gasteiger partial charge in [0.05, 0.1) is 6.04 Å². The van der Waals surface area contributed by atoms with Crippen molar-refractivity contribution in [3.8, 4) is 0 Å². The summed E-state index contributed by atoms with van der Waals surface area (Å²) in [5.74, 6) is -1.27. The molecule has 0 aromatic carbocycles. The largest absolute Gasteiger partial charge is 0.444 e. The van der Waals surface area contributed by atoms with Crippen LogP contribution in [0.3, 0.4) is 0 Å². The third-order valence-corrected chi connectivity index (χ3v) is 5.16. The van der Waals surface area contributed by atoms with Gasteiger partial charge in [-0.05, 0) is 52.9 Å². The summed E-state index contributed by atoms with van der Waals surface area (Å²) in [6.45, 7) is 7.20. The second-order valence-corrected chi connectivity index (χ2v) is 9.23. The molecule has 2 aliphatic rings. The minimum atomic E-state index is -1.34. The number of ether oxygens (including phenoxy) is 1. The second kappa shape index (κ2) is 10.8. The molecule has 1 aliphatic heterocycles. The Kier molecular flexibility index (Phi) is 8.67. The van der Waals surface area contributed by atoms with Crippen molar-refractivity contribution < 1.29 is 29.0 Å². The SMILES string of the molecule is CCCC(NC(=O)C1CCCN1C(=O)CNC(=O)OC(C)(C)C)C(O)C(=O)NC1CC1. The fourth-order valence-electron chi connectivity index (χ4n) is 3.50. The van der Waals surface area contributed by atoms with Gasteiger partial charge >= 0.3 is 6.09 Å². The highest BCUT2D eigenvalue weighted by molar-refractivity contribution is 5.91. The third kappa shape index (κ3) is 8.01. The fourth-order valence-corrected chi connectivity index (χ4v) is 3.50. The maximum Gasteiger partial charge on any atom is 0.408 e. The van der Waals surface area contributed by atoms with Gasteiger partial charge in [0.1, 0.15) is 18.2 Å². The van der Waals surface area contributed by atoms with Gasteiger partial charge in [-0.3, -0.25) is 14.4 Å². The number of aliphatic hydroxyl groups excluding tert-OH is 1. The van der Waals surface area contributed by atoms with E-state index in [2.05, 4.69) is 16.0 Å². The van der Waals surface area contributed by atoms with Crippen molar-refractivity contribution in [1.29, 1.82) is 0 Å². The van der Waals surface area contributed by atoms with Gasteiger partial charge < -0.3 is 30.7 Å². The molecule has 10 heteroatoms. The Labute approximate surface area is 183 Å². The number of alkyl carbamates (subject to hydrolysis) is 1. The summed E-state index contributed by atoms with van der Waals surface area (Å²) in [6.07, 6.45) is 2.00. The maximum atomic E-state index is 12.9. The molecule has 31 heavy (non-hydrogen) atoms. The zero-order valence-corrected chi connectivity index (χ0v) is 18.9. The number of likely N-dealkylation sites (tertiary alicyclic amines) is 1. The van der Waals surface area contributed by atoms with Gasteiger partial charge in [0, 0.05) is 12.6 Å². The molecule has 2 rings (SSSR count). The van der Waals surface area contributed by atoms with E-state index in [0.29, 0.717) is 32.2 Å². The van der Waals surface area contributed by atoms with E-state index in [9.17, 15) is 24.3 Å². The molecule has 0 spiro atoms. The number of carbonyl (C=O) groups is 4. The summed E-state index contributed by atoms with van der Waals surface area (Å²) in [5.41, 5.74) is -0.676. The lowest BCUT2D eigenvalue weighted by Gasteiger charge is -2.28. The van der Waals surface area contributed by atoms with E-state index in [1.807, 2.05) is 6.92 Å². The molecule has 2 fully saturated rings. The van der Waals surface area contributed by atoms with Crippen LogP contribution in [0.5, 0.6) is 0 Å². The van der Waals surface area contributed by atoms with Gasteiger partial charge in [0.2, 0.25) is 11.8 Å². The zero-order chi connectivity index (χ0) is 23.2. The lowest BCUT2D eigenvalue weighted by molar-refractivity contribution is -0.139. The molecule has 10 nitrogen and oxygen atoms in total. The van der Waals surface area contributed by atoms with Crippen LogP contribution >= 0.6 is 0 Å². The van der Waals surface area contributed by atoms with E-state index in [1.165, 1.54) is 4.90 Å². The topological polar surface area (TPSA) is 137 Å². The van der Waals surface area contributed by atoms with E-state index in [1.54, 1.807) is 20.8 Å². The lowest BCUT2D eigenvalue weighted by atomic mass is 10.0. The van der Waals surface area contributed by atoms with E-state index in [4.69, 9.17) is 4.74 Å². The second-order valence-electron chi connectivity index (χ2n) is 9.23. The van der Waals surface area contributed by atoms with Gasteiger partial charge in [-0.2, -0.15) is 0 Å². The van der Waals surface area contributed by atoms with Crippen molar-refractivity contribution >= 4 is 23.8 Å². The van der Waals surface area contributed by atoms with E-state index >= 15 is 0 Å². The van der Waals surface area contributed by atoms with Crippen LogP contribution in [-0.2, 0) is 19.1 Å². The number of nitrogens with one attached hydrogen (secondary N) is 3. The minimum Gasteiger partial charge on any atom is -0.444 e. The van der Waals surface area contributed by atoms with E-state index in [-0.39, 0.29) is 18.5 Å². The molecule has 1 heterocycles. The number of nitrogens with zero attached hydrogens (tertiary/aromatic N) is 1. The number of rotatable bonds is 9. The Bertz CT molecular complexity index is 673. The van der Waals surface area contributed by atoms with Gasteiger partial charge in [0.15, 0.2) is 6.10 Å². The van der Waals surface area contributed by atoms with Crippen molar-refractivity contribution in [3.05, 3.63) is 0 Å². The molecule has 1 saturated heterocycles. The summed E-state index contributed by atoms with van der Waals surface area (Å²) in [6, 6.07) is -1.32. The predicted octanol–water partition coefficient (Wildman–Crippen LogP) is 0.427. The van der Waals surface area contributed by atoms with Crippen LogP contribution in [0.15, 0.2) is 0 Å². The molecule has 0 bridgehead atoms. The molecule has 4 N–H and O–H groups in total. The fraction of sp³-hybridized carbons (Fsp3) is 0.810. The molecule has 1 aliphatic carbocycles. The van der Waals surface area contributed by atoms with Gasteiger partial charge in [-0.1, -0.05) is 13.3 Å². The van der Waals surface area contributed by atoms with Crippen molar-refractivity contribution in [3.63, 3.8) is 0 Å². The van der Waals surface area contributed by atoms with Crippen LogP contribution in [0.2, 0.25) is 0 Å². The smallest absolute Gasteiger partial charge is 0.408 e. The van der Waals surface area contributed by atoms with Crippen LogP contribution in [0.25, 0.3) is 0 Å². The van der Waals surface area contributed by atoms with E-state index in [0.717, 1.165) is 12.8 Å². The number of carbonyl (C=O) groups excluding carboxylic acids is 4. The molecule has 1 saturated carbocycles. The quantitative estimate of drug-likeness (QED) is 0.410. The van der Waals surface area contributed by atoms with Crippen molar-refractivity contribution in [2.45, 2.75) is 96.1 Å². The van der Waals surface area contributed by atoms with E-state index < -0.39 is 41.7 Å². The lowest BCUT2D eigenvalue weighted by Crippen LogP contribution is -2.55. The highest BCUT2D eigenvalue weighted by Crippen LogP contribution is 2.20. The van der Waals surface area contributed by atoms with Gasteiger partial charge in [0.25, 0.3) is 5.91 Å². The Balaban J connectivity index is 1.91. The monoisotopic (exact) mass is 440 g/mol. The van der Waals surface area contributed by atoms with Crippen molar-refractivity contribution in [2.75, 3.05) is 13.1 Å². The molecule has 0 aromatic heterocycles. The van der Waals surface area contributed by atoms with Crippen molar-refractivity contribution in [1.82, 2.24) is 20.9 Å². The first-order valence-electron chi connectivity index (χ1n) is 11.1. The van der Waals surface area contributed by atoms with Gasteiger partial charge in [-0.15, -0.1) is 0 Å². The standard InChI is InChI=1S/C21H36N4O6/c1-5-7-14(17(27)19(29)23-13-9-10-13)24-18(28)15-8-6-11-25(15)16(26)12-22-20(30)31-21(2,3)4/h13-15,17,27H,5-12H2,1-4H3,(H,22,30)(H,23,29)(H,24,28). The Morgan fingerprint density at radius 3 is 2.42 bits per heavy atom. The van der Waals surface area contributed by atoms with Crippen LogP contribution in [-0.4, -0.2) is 76.7 Å². The molecule has 3 unspecified atom stereocenters. The van der Waals surface area contributed by atoms with Gasteiger partial charge in [-0.25, -0.2) is 4.79 Å². The average Bonchev–Trinajstić information content (AvgIpc) is 3.34. The Morgan fingerprint density at radius 1 is 1.16 bits per heavy atom. The zero-order valence-electron chi connectivity index (χ0n) is 18.9. The summed E-state index contributed by atoms with van der Waals surface area (Å²) in [7, 11) is 0. The Hall–Kier alpha value is -2.36. The third-order valence-electron chi connectivity index (χ3n) is 5.16. The van der Waals surface area contributed by atoms with Crippen LogP contribution in [0, 0.1) is 0 Å². The average molecular weight is 441 g/mol. The summed E-state index contributed by atoms with van der Waals surface area (Å²) < 4.78 is 5.12. The van der Waals surface area contributed by atoms with Crippen molar-refractivity contribution in [2.24, 2.45) is 0 Å². The first kappa shape index (κ1) is 24.9. The molecule has 0 radical (unpaired) electrons. The molecule has 3 atom stereocenters.